The summed E-state index contributed by atoms with van der Waals surface area (Å²) in [5, 5.41) is 0. The Bertz CT molecular complexity index is 1020. The first kappa shape index (κ1) is 64.2. The molecule has 390 valence electrons. The number of allylic oxidation sites excluding steroid dienone is 2. The molecule has 0 heterocycles. The van der Waals surface area contributed by atoms with E-state index in [1.54, 1.807) is 0 Å². The lowest BCUT2D eigenvalue weighted by molar-refractivity contribution is -0.167. The molecule has 0 rings (SSSR count). The molecule has 0 aromatic heterocycles. The zero-order valence-electron chi connectivity index (χ0n) is 44.7. The predicted octanol–water partition coefficient (Wildman–Crippen LogP) is 19.7. The van der Waals surface area contributed by atoms with Crippen LogP contribution in [-0.4, -0.2) is 37.2 Å². The molecule has 0 aliphatic heterocycles. The van der Waals surface area contributed by atoms with E-state index in [0.29, 0.717) is 19.3 Å². The SMILES string of the molecule is CCCCCCCC/C=C\CCCCCCCCCC(=O)OC(COC(=O)CCCCCCC)COC(=O)CCCCCCCCCCCCCCCCCCCCCCCCCCCC. The van der Waals surface area contributed by atoms with Gasteiger partial charge in [-0.3, -0.25) is 14.4 Å². The van der Waals surface area contributed by atoms with Gasteiger partial charge in [0.2, 0.25) is 0 Å². The summed E-state index contributed by atoms with van der Waals surface area (Å²) < 4.78 is 16.7. The molecule has 0 aliphatic carbocycles. The van der Waals surface area contributed by atoms with Crippen molar-refractivity contribution in [3.05, 3.63) is 12.2 Å². The molecule has 0 aromatic rings. The second-order valence-electron chi connectivity index (χ2n) is 20.3. The van der Waals surface area contributed by atoms with Gasteiger partial charge in [-0.25, -0.2) is 0 Å². The Balaban J connectivity index is 3.98. The summed E-state index contributed by atoms with van der Waals surface area (Å²) in [4.78, 5) is 37.8. The Morgan fingerprint density at radius 3 is 0.758 bits per heavy atom. The number of carbonyl (C=O) groups excluding carboxylic acids is 3. The Morgan fingerprint density at radius 2 is 0.500 bits per heavy atom. The fourth-order valence-electron chi connectivity index (χ4n) is 9.03. The minimum absolute atomic E-state index is 0.0674. The maximum atomic E-state index is 12.8. The van der Waals surface area contributed by atoms with Crippen molar-refractivity contribution in [2.45, 2.75) is 341 Å². The Morgan fingerprint density at radius 1 is 0.288 bits per heavy atom. The average Bonchev–Trinajstić information content (AvgIpc) is 3.31. The van der Waals surface area contributed by atoms with Gasteiger partial charge >= 0.3 is 17.9 Å². The molecular weight excluding hydrogens is 817 g/mol. The summed E-state index contributed by atoms with van der Waals surface area (Å²) >= 11 is 0. The van der Waals surface area contributed by atoms with Crippen molar-refractivity contribution >= 4 is 17.9 Å². The number of rotatable bonds is 55. The van der Waals surface area contributed by atoms with Crippen LogP contribution in [0.3, 0.4) is 0 Å². The van der Waals surface area contributed by atoms with Crippen molar-refractivity contribution in [3.63, 3.8) is 0 Å². The molecule has 0 saturated carbocycles. The van der Waals surface area contributed by atoms with Gasteiger partial charge in [0.1, 0.15) is 13.2 Å². The molecule has 0 aliphatic rings. The van der Waals surface area contributed by atoms with E-state index in [1.807, 2.05) is 0 Å². The van der Waals surface area contributed by atoms with Gasteiger partial charge < -0.3 is 14.2 Å². The van der Waals surface area contributed by atoms with Gasteiger partial charge in [-0.1, -0.05) is 283 Å². The van der Waals surface area contributed by atoms with Crippen molar-refractivity contribution in [3.8, 4) is 0 Å². The molecule has 0 radical (unpaired) electrons. The first-order valence-corrected chi connectivity index (χ1v) is 29.7. The minimum atomic E-state index is -0.765. The molecule has 0 bridgehead atoms. The fourth-order valence-corrected chi connectivity index (χ4v) is 9.03. The Labute approximate surface area is 411 Å². The number of carbonyl (C=O) groups is 3. The van der Waals surface area contributed by atoms with E-state index in [4.69, 9.17) is 14.2 Å². The second kappa shape index (κ2) is 55.7. The van der Waals surface area contributed by atoms with Gasteiger partial charge in [-0.05, 0) is 44.9 Å². The molecule has 0 spiro atoms. The molecule has 0 saturated heterocycles. The van der Waals surface area contributed by atoms with E-state index in [-0.39, 0.29) is 31.1 Å². The van der Waals surface area contributed by atoms with Crippen molar-refractivity contribution in [1.82, 2.24) is 0 Å². The van der Waals surface area contributed by atoms with Crippen LogP contribution < -0.4 is 0 Å². The van der Waals surface area contributed by atoms with E-state index in [2.05, 4.69) is 32.9 Å². The summed E-state index contributed by atoms with van der Waals surface area (Å²) in [6.45, 7) is 6.60. The molecular formula is C60H114O6. The summed E-state index contributed by atoms with van der Waals surface area (Å²) in [5.74, 6) is -0.865. The second-order valence-corrected chi connectivity index (χ2v) is 20.3. The molecule has 0 fully saturated rings. The van der Waals surface area contributed by atoms with Crippen LogP contribution in [0.5, 0.6) is 0 Å². The minimum Gasteiger partial charge on any atom is -0.462 e. The van der Waals surface area contributed by atoms with Crippen molar-refractivity contribution < 1.29 is 28.6 Å². The smallest absolute Gasteiger partial charge is 0.306 e. The summed E-state index contributed by atoms with van der Waals surface area (Å²) in [6.07, 6.45) is 64.1. The van der Waals surface area contributed by atoms with Crippen molar-refractivity contribution in [1.29, 1.82) is 0 Å². The van der Waals surface area contributed by atoms with Crippen molar-refractivity contribution in [2.75, 3.05) is 13.2 Å². The van der Waals surface area contributed by atoms with Gasteiger partial charge in [0, 0.05) is 19.3 Å². The molecule has 6 heteroatoms. The fraction of sp³-hybridized carbons (Fsp3) is 0.917. The lowest BCUT2D eigenvalue weighted by Crippen LogP contribution is -2.30. The van der Waals surface area contributed by atoms with Crippen LogP contribution in [0.4, 0.5) is 0 Å². The Hall–Kier alpha value is -1.85. The molecule has 1 atom stereocenters. The molecule has 0 amide bonds. The monoisotopic (exact) mass is 931 g/mol. The van der Waals surface area contributed by atoms with Gasteiger partial charge in [-0.15, -0.1) is 0 Å². The first-order valence-electron chi connectivity index (χ1n) is 29.7. The van der Waals surface area contributed by atoms with Gasteiger partial charge in [0.25, 0.3) is 0 Å². The van der Waals surface area contributed by atoms with Crippen LogP contribution in [-0.2, 0) is 28.6 Å². The highest BCUT2D eigenvalue weighted by molar-refractivity contribution is 5.71. The standard InChI is InChI=1S/C60H114O6/c1-4-7-10-13-15-17-19-21-23-25-26-27-28-29-30-31-32-33-35-36-38-40-42-44-47-50-53-59(62)65-56-57(55-64-58(61)52-49-46-12-9-6-3)66-60(63)54-51-48-45-43-41-39-37-34-24-22-20-18-16-14-11-8-5-2/h22,24,57H,4-21,23,25-56H2,1-3H3/b24-22-. The number of ether oxygens (including phenoxy) is 3. The van der Waals surface area contributed by atoms with Gasteiger partial charge in [-0.2, -0.15) is 0 Å². The van der Waals surface area contributed by atoms with E-state index >= 15 is 0 Å². The number of unbranched alkanes of at least 4 members (excludes halogenated alkanes) is 42. The maximum absolute atomic E-state index is 12.8. The third-order valence-corrected chi connectivity index (χ3v) is 13.5. The lowest BCUT2D eigenvalue weighted by atomic mass is 10.0. The van der Waals surface area contributed by atoms with Crippen LogP contribution in [0, 0.1) is 0 Å². The van der Waals surface area contributed by atoms with E-state index in [0.717, 1.165) is 64.2 Å². The number of hydrogen-bond acceptors (Lipinski definition) is 6. The quantitative estimate of drug-likeness (QED) is 0.0262. The lowest BCUT2D eigenvalue weighted by Gasteiger charge is -2.18. The highest BCUT2D eigenvalue weighted by Crippen LogP contribution is 2.18. The molecule has 66 heavy (non-hydrogen) atoms. The average molecular weight is 932 g/mol. The van der Waals surface area contributed by atoms with E-state index in [9.17, 15) is 14.4 Å². The first-order chi connectivity index (χ1) is 32.5. The normalized spacial score (nSPS) is 12.0. The van der Waals surface area contributed by atoms with Crippen LogP contribution in [0.1, 0.15) is 335 Å². The third kappa shape index (κ3) is 53.1. The van der Waals surface area contributed by atoms with Gasteiger partial charge in [0.15, 0.2) is 6.10 Å². The van der Waals surface area contributed by atoms with Gasteiger partial charge in [0.05, 0.1) is 0 Å². The van der Waals surface area contributed by atoms with Crippen LogP contribution in [0.15, 0.2) is 12.2 Å². The van der Waals surface area contributed by atoms with E-state index < -0.39 is 6.10 Å². The zero-order chi connectivity index (χ0) is 47.9. The van der Waals surface area contributed by atoms with Crippen LogP contribution in [0.2, 0.25) is 0 Å². The summed E-state index contributed by atoms with van der Waals surface area (Å²) in [6, 6.07) is 0. The molecule has 0 N–H and O–H groups in total. The number of esters is 3. The molecule has 1 unspecified atom stereocenters. The third-order valence-electron chi connectivity index (χ3n) is 13.5. The predicted molar refractivity (Wildman–Crippen MR) is 284 cm³/mol. The van der Waals surface area contributed by atoms with Crippen molar-refractivity contribution in [2.24, 2.45) is 0 Å². The van der Waals surface area contributed by atoms with Crippen LogP contribution in [0.25, 0.3) is 0 Å². The zero-order valence-corrected chi connectivity index (χ0v) is 44.7. The maximum Gasteiger partial charge on any atom is 0.306 e. The topological polar surface area (TPSA) is 78.9 Å². The highest BCUT2D eigenvalue weighted by atomic mass is 16.6. The largest absolute Gasteiger partial charge is 0.462 e. The summed E-state index contributed by atoms with van der Waals surface area (Å²) in [5.41, 5.74) is 0. The number of hydrogen-bond donors (Lipinski definition) is 0. The molecule has 6 nitrogen and oxygen atoms in total. The summed E-state index contributed by atoms with van der Waals surface area (Å²) in [7, 11) is 0. The molecule has 0 aromatic carbocycles. The highest BCUT2D eigenvalue weighted by Gasteiger charge is 2.19. The van der Waals surface area contributed by atoms with Crippen LogP contribution >= 0.6 is 0 Å². The Kier molecular flexibility index (Phi) is 54.2. The van der Waals surface area contributed by atoms with E-state index in [1.165, 1.54) is 231 Å².